The fourth-order valence-electron chi connectivity index (χ4n) is 1.15. The molecule has 1 aromatic rings. The molecular weight excluding hydrogens is 233 g/mol. The van der Waals surface area contributed by atoms with E-state index in [0.717, 1.165) is 0 Å². The molecule has 0 radical (unpaired) electrons. The summed E-state index contributed by atoms with van der Waals surface area (Å²) in [5, 5.41) is 17.4. The van der Waals surface area contributed by atoms with Gasteiger partial charge in [-0.25, -0.2) is 4.39 Å². The number of rotatable bonds is 5. The topological polar surface area (TPSA) is 53.2 Å². The van der Waals surface area contributed by atoms with Crippen LogP contribution < -0.4 is 0 Å². The maximum Gasteiger partial charge on any atom is 0.169 e. The molecular formula is C11H11ClFNO2. The van der Waals surface area contributed by atoms with Gasteiger partial charge in [0.2, 0.25) is 0 Å². The van der Waals surface area contributed by atoms with Gasteiger partial charge in [0, 0.05) is 6.61 Å². The Morgan fingerprint density at radius 2 is 2.31 bits per heavy atom. The van der Waals surface area contributed by atoms with Crippen LogP contribution in [0.2, 0.25) is 5.02 Å². The van der Waals surface area contributed by atoms with Gasteiger partial charge in [0.15, 0.2) is 6.10 Å². The minimum absolute atomic E-state index is 0.00230. The molecule has 1 atom stereocenters. The molecule has 5 heteroatoms. The molecule has 0 aromatic heterocycles. The van der Waals surface area contributed by atoms with Crippen LogP contribution in [-0.4, -0.2) is 18.3 Å². The van der Waals surface area contributed by atoms with E-state index in [1.807, 2.05) is 6.07 Å². The second kappa shape index (κ2) is 6.44. The smallest absolute Gasteiger partial charge is 0.169 e. The molecule has 1 N–H and O–H groups in total. The SMILES string of the molecule is N#CC(OCCCO)c1ccc(F)c(Cl)c1. The fourth-order valence-corrected chi connectivity index (χ4v) is 1.34. The molecule has 0 aliphatic heterocycles. The van der Waals surface area contributed by atoms with Gasteiger partial charge < -0.3 is 9.84 Å². The molecule has 0 amide bonds. The van der Waals surface area contributed by atoms with Crippen molar-refractivity contribution in [1.29, 1.82) is 5.26 Å². The molecule has 0 heterocycles. The second-order valence-corrected chi connectivity index (χ2v) is 3.54. The Bertz CT molecular complexity index is 392. The maximum absolute atomic E-state index is 12.9. The molecule has 86 valence electrons. The highest BCUT2D eigenvalue weighted by molar-refractivity contribution is 6.30. The summed E-state index contributed by atoms with van der Waals surface area (Å²) >= 11 is 5.60. The van der Waals surface area contributed by atoms with E-state index in [1.54, 1.807) is 0 Å². The molecule has 0 aliphatic carbocycles. The van der Waals surface area contributed by atoms with Crippen LogP contribution in [-0.2, 0) is 4.74 Å². The summed E-state index contributed by atoms with van der Waals surface area (Å²) in [5.74, 6) is -0.530. The van der Waals surface area contributed by atoms with Gasteiger partial charge >= 0.3 is 0 Å². The number of benzene rings is 1. The quantitative estimate of drug-likeness (QED) is 0.809. The average molecular weight is 244 g/mol. The van der Waals surface area contributed by atoms with Crippen LogP contribution in [0.25, 0.3) is 0 Å². The van der Waals surface area contributed by atoms with Crippen LogP contribution in [0.1, 0.15) is 18.1 Å². The summed E-state index contributed by atoms with van der Waals surface area (Å²) in [6, 6.07) is 5.95. The normalized spacial score (nSPS) is 12.1. The molecule has 1 rings (SSSR count). The van der Waals surface area contributed by atoms with E-state index in [1.165, 1.54) is 18.2 Å². The van der Waals surface area contributed by atoms with Crippen molar-refractivity contribution in [2.45, 2.75) is 12.5 Å². The van der Waals surface area contributed by atoms with Crippen LogP contribution in [0.3, 0.4) is 0 Å². The molecule has 1 unspecified atom stereocenters. The third kappa shape index (κ3) is 3.46. The standard InChI is InChI=1S/C11H11ClFNO2/c12-9-6-8(2-3-10(9)13)11(7-14)16-5-1-4-15/h2-3,6,11,15H,1,4-5H2. The first-order valence-electron chi connectivity index (χ1n) is 4.76. The van der Waals surface area contributed by atoms with Crippen molar-refractivity contribution in [3.05, 3.63) is 34.6 Å². The molecule has 3 nitrogen and oxygen atoms in total. The monoisotopic (exact) mass is 243 g/mol. The summed E-state index contributed by atoms with van der Waals surface area (Å²) < 4.78 is 18.1. The number of nitrogens with zero attached hydrogens (tertiary/aromatic N) is 1. The minimum Gasteiger partial charge on any atom is -0.396 e. The van der Waals surface area contributed by atoms with E-state index < -0.39 is 11.9 Å². The lowest BCUT2D eigenvalue weighted by atomic mass is 10.1. The summed E-state index contributed by atoms with van der Waals surface area (Å²) in [4.78, 5) is 0. The number of nitriles is 1. The number of aliphatic hydroxyl groups excluding tert-OH is 1. The van der Waals surface area contributed by atoms with Gasteiger partial charge in [-0.3, -0.25) is 0 Å². The zero-order valence-corrected chi connectivity index (χ0v) is 9.25. The van der Waals surface area contributed by atoms with E-state index in [4.69, 9.17) is 26.7 Å². The van der Waals surface area contributed by atoms with Gasteiger partial charge in [-0.05, 0) is 24.1 Å². The lowest BCUT2D eigenvalue weighted by Gasteiger charge is -2.10. The Kier molecular flexibility index (Phi) is 5.20. The molecule has 0 aliphatic rings. The predicted octanol–water partition coefficient (Wildman–Crippen LogP) is 2.44. The first-order valence-corrected chi connectivity index (χ1v) is 5.14. The highest BCUT2D eigenvalue weighted by Crippen LogP contribution is 2.22. The van der Waals surface area contributed by atoms with Crippen molar-refractivity contribution < 1.29 is 14.2 Å². The Morgan fingerprint density at radius 1 is 1.56 bits per heavy atom. The average Bonchev–Trinajstić information content (AvgIpc) is 2.29. The Labute approximate surface area is 98.0 Å². The zero-order chi connectivity index (χ0) is 12.0. The minimum atomic E-state index is -0.787. The van der Waals surface area contributed by atoms with E-state index >= 15 is 0 Å². The third-order valence-electron chi connectivity index (χ3n) is 1.95. The number of ether oxygens (including phenoxy) is 1. The van der Waals surface area contributed by atoms with Crippen molar-refractivity contribution in [1.82, 2.24) is 0 Å². The van der Waals surface area contributed by atoms with E-state index in [-0.39, 0.29) is 18.2 Å². The van der Waals surface area contributed by atoms with Gasteiger partial charge in [-0.15, -0.1) is 0 Å². The van der Waals surface area contributed by atoms with Crippen LogP contribution in [0.4, 0.5) is 4.39 Å². The van der Waals surface area contributed by atoms with Crippen LogP contribution >= 0.6 is 11.6 Å². The lowest BCUT2D eigenvalue weighted by Crippen LogP contribution is -2.05. The van der Waals surface area contributed by atoms with Crippen molar-refractivity contribution in [3.8, 4) is 6.07 Å². The fraction of sp³-hybridized carbons (Fsp3) is 0.364. The van der Waals surface area contributed by atoms with Crippen molar-refractivity contribution in [3.63, 3.8) is 0 Å². The highest BCUT2D eigenvalue weighted by Gasteiger charge is 2.12. The van der Waals surface area contributed by atoms with Crippen LogP contribution in [0.15, 0.2) is 18.2 Å². The van der Waals surface area contributed by atoms with Crippen molar-refractivity contribution in [2.24, 2.45) is 0 Å². The Balaban J connectivity index is 2.72. The molecule has 0 bridgehead atoms. The summed E-state index contributed by atoms with van der Waals surface area (Å²) in [5.41, 5.74) is 0.506. The predicted molar refractivity (Wildman–Crippen MR) is 57.4 cm³/mol. The number of hydrogen-bond acceptors (Lipinski definition) is 3. The first kappa shape index (κ1) is 12.9. The van der Waals surface area contributed by atoms with E-state index in [9.17, 15) is 4.39 Å². The number of hydrogen-bond donors (Lipinski definition) is 1. The van der Waals surface area contributed by atoms with Gasteiger partial charge in [-0.2, -0.15) is 5.26 Å². The van der Waals surface area contributed by atoms with E-state index in [0.29, 0.717) is 12.0 Å². The van der Waals surface area contributed by atoms with Gasteiger partial charge in [0.1, 0.15) is 5.82 Å². The van der Waals surface area contributed by atoms with E-state index in [2.05, 4.69) is 0 Å². The molecule has 16 heavy (non-hydrogen) atoms. The number of aliphatic hydroxyl groups is 1. The Hall–Kier alpha value is -1.15. The van der Waals surface area contributed by atoms with Crippen LogP contribution in [0, 0.1) is 17.1 Å². The third-order valence-corrected chi connectivity index (χ3v) is 2.24. The van der Waals surface area contributed by atoms with Crippen molar-refractivity contribution in [2.75, 3.05) is 13.2 Å². The van der Waals surface area contributed by atoms with Gasteiger partial charge in [0.25, 0.3) is 0 Å². The molecule has 0 saturated heterocycles. The zero-order valence-electron chi connectivity index (χ0n) is 8.49. The first-order chi connectivity index (χ1) is 7.69. The molecule has 1 aromatic carbocycles. The summed E-state index contributed by atoms with van der Waals surface area (Å²) in [7, 11) is 0. The Morgan fingerprint density at radius 3 is 2.88 bits per heavy atom. The van der Waals surface area contributed by atoms with Gasteiger partial charge in [0.05, 0.1) is 17.7 Å². The lowest BCUT2D eigenvalue weighted by molar-refractivity contribution is 0.0773. The maximum atomic E-state index is 12.9. The highest BCUT2D eigenvalue weighted by atomic mass is 35.5. The number of halogens is 2. The second-order valence-electron chi connectivity index (χ2n) is 3.13. The largest absolute Gasteiger partial charge is 0.396 e. The molecule has 0 spiro atoms. The van der Waals surface area contributed by atoms with Gasteiger partial charge in [-0.1, -0.05) is 17.7 Å². The van der Waals surface area contributed by atoms with Crippen molar-refractivity contribution >= 4 is 11.6 Å². The molecule has 0 saturated carbocycles. The summed E-state index contributed by atoms with van der Waals surface area (Å²) in [6.07, 6.45) is -0.336. The van der Waals surface area contributed by atoms with Crippen LogP contribution in [0.5, 0.6) is 0 Å². The summed E-state index contributed by atoms with van der Waals surface area (Å²) in [6.45, 7) is 0.270. The molecule has 0 fully saturated rings.